The van der Waals surface area contributed by atoms with Gasteiger partial charge in [-0.15, -0.1) is 0 Å². The number of nitrogens with one attached hydrogen (secondary N) is 2. The first kappa shape index (κ1) is 17.9. The molecule has 1 saturated heterocycles. The molecule has 2 amide bonds. The summed E-state index contributed by atoms with van der Waals surface area (Å²) in [6, 6.07) is 13.3. The van der Waals surface area contributed by atoms with Crippen molar-refractivity contribution >= 4 is 29.1 Å². The molecular formula is C21H22ClN3O2. The van der Waals surface area contributed by atoms with Crippen LogP contribution < -0.4 is 10.6 Å². The van der Waals surface area contributed by atoms with Crippen molar-refractivity contribution in [1.29, 1.82) is 0 Å². The van der Waals surface area contributed by atoms with Crippen molar-refractivity contribution in [2.75, 3.05) is 18.4 Å². The van der Waals surface area contributed by atoms with E-state index < -0.39 is 5.66 Å². The van der Waals surface area contributed by atoms with E-state index >= 15 is 0 Å². The van der Waals surface area contributed by atoms with Crippen LogP contribution in [0.5, 0.6) is 0 Å². The number of hydrogen-bond acceptors (Lipinski definition) is 3. The molecule has 0 aliphatic carbocycles. The lowest BCUT2D eigenvalue weighted by molar-refractivity contribution is -0.132. The summed E-state index contributed by atoms with van der Waals surface area (Å²) >= 11 is 6.29. The first-order valence-corrected chi connectivity index (χ1v) is 9.57. The number of carbonyl (C=O) groups is 2. The fourth-order valence-electron chi connectivity index (χ4n) is 3.87. The van der Waals surface area contributed by atoms with E-state index in [0.29, 0.717) is 48.6 Å². The summed E-state index contributed by atoms with van der Waals surface area (Å²) in [6.45, 7) is 3.21. The number of nitrogens with zero attached hydrogens (tertiary/aromatic N) is 1. The van der Waals surface area contributed by atoms with E-state index in [1.807, 2.05) is 36.1 Å². The predicted octanol–water partition coefficient (Wildman–Crippen LogP) is 3.37. The number of halogens is 1. The molecule has 2 heterocycles. The van der Waals surface area contributed by atoms with Gasteiger partial charge in [0.15, 0.2) is 0 Å². The van der Waals surface area contributed by atoms with Gasteiger partial charge in [-0.25, -0.2) is 0 Å². The first-order valence-electron chi connectivity index (χ1n) is 9.19. The summed E-state index contributed by atoms with van der Waals surface area (Å²) in [5.41, 5.74) is 2.89. The predicted molar refractivity (Wildman–Crippen MR) is 106 cm³/mol. The molecule has 140 valence electrons. The summed E-state index contributed by atoms with van der Waals surface area (Å²) in [7, 11) is 0. The third kappa shape index (κ3) is 3.39. The van der Waals surface area contributed by atoms with E-state index in [2.05, 4.69) is 10.6 Å². The largest absolute Gasteiger partial charge is 0.361 e. The van der Waals surface area contributed by atoms with Gasteiger partial charge in [-0.05, 0) is 30.2 Å². The highest BCUT2D eigenvalue weighted by Crippen LogP contribution is 2.35. The van der Waals surface area contributed by atoms with Crippen molar-refractivity contribution in [3.8, 4) is 0 Å². The molecule has 2 aliphatic heterocycles. The van der Waals surface area contributed by atoms with Crippen LogP contribution in [0.4, 0.5) is 5.69 Å². The molecule has 6 heteroatoms. The minimum Gasteiger partial charge on any atom is -0.361 e. The molecule has 0 aromatic heterocycles. The van der Waals surface area contributed by atoms with Crippen LogP contribution in [-0.2, 0) is 11.2 Å². The van der Waals surface area contributed by atoms with Gasteiger partial charge in [0.25, 0.3) is 5.91 Å². The van der Waals surface area contributed by atoms with Crippen LogP contribution in [0.15, 0.2) is 42.5 Å². The summed E-state index contributed by atoms with van der Waals surface area (Å²) in [6.07, 6.45) is 1.69. The van der Waals surface area contributed by atoms with E-state index in [4.69, 9.17) is 11.6 Å². The van der Waals surface area contributed by atoms with Crippen molar-refractivity contribution in [1.82, 2.24) is 10.2 Å². The van der Waals surface area contributed by atoms with Crippen LogP contribution in [0.1, 0.15) is 34.3 Å². The van der Waals surface area contributed by atoms with Gasteiger partial charge in [0.05, 0.1) is 22.7 Å². The molecule has 4 rings (SSSR count). The van der Waals surface area contributed by atoms with E-state index in [1.54, 1.807) is 18.2 Å². The summed E-state index contributed by atoms with van der Waals surface area (Å²) < 4.78 is 0. The molecule has 0 saturated carbocycles. The Labute approximate surface area is 163 Å². The highest BCUT2D eigenvalue weighted by atomic mass is 35.5. The van der Waals surface area contributed by atoms with E-state index in [0.717, 1.165) is 11.1 Å². The number of amides is 2. The minimum absolute atomic E-state index is 0.120. The van der Waals surface area contributed by atoms with Crippen LogP contribution in [0.2, 0.25) is 5.02 Å². The Hall–Kier alpha value is -2.53. The average molecular weight is 384 g/mol. The molecule has 5 nitrogen and oxygen atoms in total. The lowest BCUT2D eigenvalue weighted by Crippen LogP contribution is -2.62. The van der Waals surface area contributed by atoms with Crippen molar-refractivity contribution < 1.29 is 9.59 Å². The Morgan fingerprint density at radius 3 is 2.59 bits per heavy atom. The van der Waals surface area contributed by atoms with E-state index in [1.165, 1.54) is 0 Å². The minimum atomic E-state index is -0.547. The molecule has 0 atom stereocenters. The third-order valence-electron chi connectivity index (χ3n) is 5.55. The highest BCUT2D eigenvalue weighted by Gasteiger charge is 2.41. The molecule has 0 unspecified atom stereocenters. The molecule has 2 aromatic rings. The van der Waals surface area contributed by atoms with Crippen LogP contribution in [0, 0.1) is 6.92 Å². The summed E-state index contributed by atoms with van der Waals surface area (Å²) in [5.74, 6) is 0.00524. The number of rotatable bonds is 2. The molecule has 2 aromatic carbocycles. The van der Waals surface area contributed by atoms with Crippen LogP contribution in [-0.4, -0.2) is 35.5 Å². The maximum Gasteiger partial charge on any atom is 0.255 e. The average Bonchev–Trinajstić information content (AvgIpc) is 2.65. The number of likely N-dealkylation sites (tertiary alicyclic amines) is 1. The molecular weight excluding hydrogens is 362 g/mol. The summed E-state index contributed by atoms with van der Waals surface area (Å²) in [5, 5.41) is 7.06. The lowest BCUT2D eigenvalue weighted by Gasteiger charge is -2.46. The molecule has 1 fully saturated rings. The van der Waals surface area contributed by atoms with Crippen LogP contribution in [0.25, 0.3) is 0 Å². The Morgan fingerprint density at radius 2 is 1.85 bits per heavy atom. The second kappa shape index (κ2) is 6.89. The number of hydrogen-bond donors (Lipinski definition) is 2. The third-order valence-corrected chi connectivity index (χ3v) is 5.86. The number of carbonyl (C=O) groups excluding carboxylic acids is 2. The van der Waals surface area contributed by atoms with Gasteiger partial charge in [-0.3, -0.25) is 9.59 Å². The Kier molecular flexibility index (Phi) is 4.56. The SMILES string of the molecule is Cc1ccccc1CC(=O)N1CCC2(CC1)NC(=O)c1cccc(Cl)c1N2. The maximum absolute atomic E-state index is 12.7. The standard InChI is InChI=1S/C21H22ClN3O2/c1-14-5-2-3-6-15(14)13-18(26)25-11-9-21(10-12-25)23-19-16(20(27)24-21)7-4-8-17(19)22/h2-8,23H,9-13H2,1H3,(H,24,27). The van der Waals surface area contributed by atoms with Crippen molar-refractivity contribution in [3.05, 3.63) is 64.2 Å². The number of aryl methyl sites for hydroxylation is 1. The maximum atomic E-state index is 12.7. The fraction of sp³-hybridized carbons (Fsp3) is 0.333. The normalized spacial score (nSPS) is 17.9. The zero-order valence-electron chi connectivity index (χ0n) is 15.2. The van der Waals surface area contributed by atoms with Gasteiger partial charge in [-0.1, -0.05) is 41.9 Å². The van der Waals surface area contributed by atoms with Crippen molar-refractivity contribution in [2.45, 2.75) is 31.8 Å². The first-order chi connectivity index (χ1) is 13.0. The second-order valence-electron chi connectivity index (χ2n) is 7.31. The Bertz CT molecular complexity index is 904. The smallest absolute Gasteiger partial charge is 0.255 e. The van der Waals surface area contributed by atoms with Gasteiger partial charge in [0.2, 0.25) is 5.91 Å². The molecule has 0 radical (unpaired) electrons. The van der Waals surface area contributed by atoms with Crippen molar-refractivity contribution in [2.24, 2.45) is 0 Å². The molecule has 1 spiro atoms. The molecule has 27 heavy (non-hydrogen) atoms. The van der Waals surface area contributed by atoms with Crippen LogP contribution in [0.3, 0.4) is 0 Å². The number of fused-ring (bicyclic) bond motifs is 1. The number of para-hydroxylation sites is 1. The second-order valence-corrected chi connectivity index (χ2v) is 7.71. The lowest BCUT2D eigenvalue weighted by atomic mass is 9.92. The monoisotopic (exact) mass is 383 g/mol. The number of benzene rings is 2. The van der Waals surface area contributed by atoms with Gasteiger partial charge in [0.1, 0.15) is 5.66 Å². The van der Waals surface area contributed by atoms with Gasteiger partial charge >= 0.3 is 0 Å². The molecule has 0 bridgehead atoms. The van der Waals surface area contributed by atoms with Crippen LogP contribution >= 0.6 is 11.6 Å². The topological polar surface area (TPSA) is 61.4 Å². The van der Waals surface area contributed by atoms with Gasteiger partial charge in [0, 0.05) is 25.9 Å². The van der Waals surface area contributed by atoms with E-state index in [-0.39, 0.29) is 11.8 Å². The van der Waals surface area contributed by atoms with E-state index in [9.17, 15) is 9.59 Å². The fourth-order valence-corrected chi connectivity index (χ4v) is 4.09. The van der Waals surface area contributed by atoms with Gasteiger partial charge in [-0.2, -0.15) is 0 Å². The molecule has 2 aliphatic rings. The number of piperidine rings is 1. The van der Waals surface area contributed by atoms with Gasteiger partial charge < -0.3 is 15.5 Å². The zero-order chi connectivity index (χ0) is 19.0. The Balaban J connectivity index is 1.45. The Morgan fingerprint density at radius 1 is 1.11 bits per heavy atom. The summed E-state index contributed by atoms with van der Waals surface area (Å²) in [4.78, 5) is 27.1. The van der Waals surface area contributed by atoms with Crippen molar-refractivity contribution in [3.63, 3.8) is 0 Å². The molecule has 2 N–H and O–H groups in total. The highest BCUT2D eigenvalue weighted by molar-refractivity contribution is 6.34. The quantitative estimate of drug-likeness (QED) is 0.835. The number of anilines is 1. The zero-order valence-corrected chi connectivity index (χ0v) is 16.0.